The number of aryl methyl sites for hydroxylation is 1. The van der Waals surface area contributed by atoms with Crippen molar-refractivity contribution in [1.82, 2.24) is 0 Å². The van der Waals surface area contributed by atoms with E-state index in [1.165, 1.54) is 5.56 Å². The molecule has 2 rings (SSSR count). The van der Waals surface area contributed by atoms with Crippen LogP contribution in [0.4, 0.5) is 0 Å². The fourth-order valence-corrected chi connectivity index (χ4v) is 2.88. The van der Waals surface area contributed by atoms with Gasteiger partial charge in [0.25, 0.3) is 0 Å². The molecule has 1 aromatic rings. The Morgan fingerprint density at radius 3 is 3.00 bits per heavy atom. The molecule has 0 bridgehead atoms. The summed E-state index contributed by atoms with van der Waals surface area (Å²) in [5, 5.41) is 0. The summed E-state index contributed by atoms with van der Waals surface area (Å²) in [4.78, 5) is 0. The van der Waals surface area contributed by atoms with Gasteiger partial charge in [-0.1, -0.05) is 15.9 Å². The van der Waals surface area contributed by atoms with Crippen molar-refractivity contribution in [3.05, 3.63) is 27.7 Å². The van der Waals surface area contributed by atoms with Gasteiger partial charge in [0.2, 0.25) is 0 Å². The minimum atomic E-state index is 0.527. The van der Waals surface area contributed by atoms with Gasteiger partial charge in [-0.25, -0.2) is 0 Å². The van der Waals surface area contributed by atoms with Gasteiger partial charge in [-0.15, -0.1) is 0 Å². The van der Waals surface area contributed by atoms with Crippen molar-refractivity contribution in [2.24, 2.45) is 11.7 Å². The van der Waals surface area contributed by atoms with Crippen LogP contribution in [-0.2, 0) is 11.2 Å². The van der Waals surface area contributed by atoms with Gasteiger partial charge in [0.1, 0.15) is 5.75 Å². The highest BCUT2D eigenvalue weighted by Crippen LogP contribution is 2.29. The molecule has 1 saturated heterocycles. The summed E-state index contributed by atoms with van der Waals surface area (Å²) in [5.74, 6) is 1.52. The van der Waals surface area contributed by atoms with Crippen LogP contribution < -0.4 is 10.5 Å². The van der Waals surface area contributed by atoms with Crippen LogP contribution in [0.25, 0.3) is 0 Å². The maximum Gasteiger partial charge on any atom is 0.125 e. The van der Waals surface area contributed by atoms with Crippen LogP contribution >= 0.6 is 15.9 Å². The molecule has 1 aliphatic heterocycles. The first-order chi connectivity index (χ1) is 8.70. The molecule has 1 atom stereocenters. The second-order valence-corrected chi connectivity index (χ2v) is 5.71. The van der Waals surface area contributed by atoms with Crippen LogP contribution in [0.2, 0.25) is 0 Å². The summed E-state index contributed by atoms with van der Waals surface area (Å²) in [5.41, 5.74) is 8.00. The molecule has 1 aromatic carbocycles. The van der Waals surface area contributed by atoms with E-state index in [9.17, 15) is 0 Å². The maximum atomic E-state index is 6.00. The largest absolute Gasteiger partial charge is 0.493 e. The minimum absolute atomic E-state index is 0.527. The summed E-state index contributed by atoms with van der Waals surface area (Å²) in [6.45, 7) is 5.13. The third-order valence-electron chi connectivity index (χ3n) is 3.22. The Hall–Kier alpha value is -0.580. The number of ether oxygens (including phenoxy) is 2. The van der Waals surface area contributed by atoms with Crippen molar-refractivity contribution < 1.29 is 9.47 Å². The summed E-state index contributed by atoms with van der Waals surface area (Å²) >= 11 is 3.52. The highest BCUT2D eigenvalue weighted by atomic mass is 79.9. The predicted molar refractivity (Wildman–Crippen MR) is 76.1 cm³/mol. The van der Waals surface area contributed by atoms with E-state index in [0.29, 0.717) is 12.5 Å². The number of halogens is 1. The molecule has 2 N–H and O–H groups in total. The first-order valence-corrected chi connectivity index (χ1v) is 7.19. The Morgan fingerprint density at radius 1 is 1.50 bits per heavy atom. The standard InChI is InChI=1S/C14H20BrNO2/c1-10-6-13(15)7-12(2-4-16)14(10)18-9-11-3-5-17-8-11/h6-7,11H,2-5,8-9,16H2,1H3. The fraction of sp³-hybridized carbons (Fsp3) is 0.571. The SMILES string of the molecule is Cc1cc(Br)cc(CCN)c1OCC1CCOC1. The zero-order valence-corrected chi connectivity index (χ0v) is 12.3. The molecule has 100 valence electrons. The van der Waals surface area contributed by atoms with E-state index in [0.717, 1.165) is 48.4 Å². The molecular weight excluding hydrogens is 294 g/mol. The summed E-state index contributed by atoms with van der Waals surface area (Å²) in [6, 6.07) is 4.18. The van der Waals surface area contributed by atoms with Crippen molar-refractivity contribution in [2.75, 3.05) is 26.4 Å². The van der Waals surface area contributed by atoms with Gasteiger partial charge in [-0.2, -0.15) is 0 Å². The van der Waals surface area contributed by atoms with E-state index < -0.39 is 0 Å². The van der Waals surface area contributed by atoms with Crippen LogP contribution in [-0.4, -0.2) is 26.4 Å². The van der Waals surface area contributed by atoms with Gasteiger partial charge in [-0.3, -0.25) is 0 Å². The summed E-state index contributed by atoms with van der Waals surface area (Å²) in [7, 11) is 0. The van der Waals surface area contributed by atoms with Crippen LogP contribution in [0.3, 0.4) is 0 Å². The third-order valence-corrected chi connectivity index (χ3v) is 3.68. The molecule has 1 unspecified atom stereocenters. The van der Waals surface area contributed by atoms with E-state index in [1.54, 1.807) is 0 Å². The molecule has 1 heterocycles. The number of hydrogen-bond donors (Lipinski definition) is 1. The maximum absolute atomic E-state index is 6.00. The molecule has 0 saturated carbocycles. The second kappa shape index (κ2) is 6.55. The molecule has 0 aromatic heterocycles. The van der Waals surface area contributed by atoms with E-state index in [1.807, 2.05) is 0 Å². The molecule has 0 aliphatic carbocycles. The van der Waals surface area contributed by atoms with Crippen molar-refractivity contribution >= 4 is 15.9 Å². The average molecular weight is 314 g/mol. The lowest BCUT2D eigenvalue weighted by molar-refractivity contribution is 0.166. The summed E-state index contributed by atoms with van der Waals surface area (Å²) < 4.78 is 12.5. The highest BCUT2D eigenvalue weighted by Gasteiger charge is 2.17. The fourth-order valence-electron chi connectivity index (χ4n) is 2.26. The van der Waals surface area contributed by atoms with Crippen molar-refractivity contribution in [2.45, 2.75) is 19.8 Å². The highest BCUT2D eigenvalue weighted by molar-refractivity contribution is 9.10. The zero-order valence-electron chi connectivity index (χ0n) is 10.7. The molecule has 18 heavy (non-hydrogen) atoms. The van der Waals surface area contributed by atoms with Gasteiger partial charge in [-0.05, 0) is 49.6 Å². The molecule has 3 nitrogen and oxygen atoms in total. The van der Waals surface area contributed by atoms with Gasteiger partial charge in [0.05, 0.1) is 13.2 Å². The zero-order chi connectivity index (χ0) is 13.0. The van der Waals surface area contributed by atoms with Gasteiger partial charge >= 0.3 is 0 Å². The Balaban J connectivity index is 2.09. The van der Waals surface area contributed by atoms with Crippen LogP contribution in [0.5, 0.6) is 5.75 Å². The predicted octanol–water partition coefficient (Wildman–Crippen LogP) is 2.67. The molecule has 0 radical (unpaired) electrons. The lowest BCUT2D eigenvalue weighted by atomic mass is 10.1. The average Bonchev–Trinajstić information content (AvgIpc) is 2.81. The Kier molecular flexibility index (Phi) is 5.03. The topological polar surface area (TPSA) is 44.5 Å². The van der Waals surface area contributed by atoms with Crippen LogP contribution in [0, 0.1) is 12.8 Å². The normalized spacial score (nSPS) is 19.2. The van der Waals surface area contributed by atoms with Gasteiger partial charge in [0.15, 0.2) is 0 Å². The number of rotatable bonds is 5. The lowest BCUT2D eigenvalue weighted by Crippen LogP contribution is -2.14. The molecule has 4 heteroatoms. The van der Waals surface area contributed by atoms with Crippen molar-refractivity contribution in [1.29, 1.82) is 0 Å². The van der Waals surface area contributed by atoms with Crippen LogP contribution in [0.1, 0.15) is 17.5 Å². The van der Waals surface area contributed by atoms with E-state index >= 15 is 0 Å². The van der Waals surface area contributed by atoms with Crippen molar-refractivity contribution in [3.8, 4) is 5.75 Å². The number of benzene rings is 1. The third kappa shape index (κ3) is 3.46. The molecule has 1 aliphatic rings. The van der Waals surface area contributed by atoms with E-state index in [4.69, 9.17) is 15.2 Å². The summed E-state index contributed by atoms with van der Waals surface area (Å²) in [6.07, 6.45) is 1.94. The van der Waals surface area contributed by atoms with Gasteiger partial charge in [0, 0.05) is 17.0 Å². The van der Waals surface area contributed by atoms with Crippen molar-refractivity contribution in [3.63, 3.8) is 0 Å². The molecule has 0 spiro atoms. The second-order valence-electron chi connectivity index (χ2n) is 4.79. The minimum Gasteiger partial charge on any atom is -0.493 e. The smallest absolute Gasteiger partial charge is 0.125 e. The lowest BCUT2D eigenvalue weighted by Gasteiger charge is -2.16. The Labute approximate surface area is 117 Å². The Morgan fingerprint density at radius 2 is 2.33 bits per heavy atom. The number of hydrogen-bond acceptors (Lipinski definition) is 3. The monoisotopic (exact) mass is 313 g/mol. The van der Waals surface area contributed by atoms with E-state index in [2.05, 4.69) is 35.0 Å². The Bertz CT molecular complexity index is 403. The van der Waals surface area contributed by atoms with Crippen LogP contribution in [0.15, 0.2) is 16.6 Å². The molecular formula is C14H20BrNO2. The quantitative estimate of drug-likeness (QED) is 0.909. The first kappa shape index (κ1) is 13.8. The van der Waals surface area contributed by atoms with E-state index in [-0.39, 0.29) is 0 Å². The van der Waals surface area contributed by atoms with Gasteiger partial charge < -0.3 is 15.2 Å². The number of nitrogens with two attached hydrogens (primary N) is 1. The molecule has 1 fully saturated rings. The first-order valence-electron chi connectivity index (χ1n) is 6.40. The molecule has 0 amide bonds.